The Morgan fingerprint density at radius 1 is 1.07 bits per heavy atom. The van der Waals surface area contributed by atoms with Crippen LogP contribution in [0, 0.1) is 11.7 Å². The van der Waals surface area contributed by atoms with Crippen molar-refractivity contribution in [3.05, 3.63) is 66.4 Å². The Morgan fingerprint density at radius 3 is 2.50 bits per heavy atom. The van der Waals surface area contributed by atoms with Gasteiger partial charge in [0.05, 0.1) is 6.20 Å². The molecule has 7 heteroatoms. The number of pyridine rings is 1. The zero-order valence-corrected chi connectivity index (χ0v) is 15.9. The molecule has 1 aliphatic rings. The van der Waals surface area contributed by atoms with Crippen LogP contribution in [0.3, 0.4) is 0 Å². The Bertz CT molecular complexity index is 925. The van der Waals surface area contributed by atoms with Crippen LogP contribution in [0.25, 0.3) is 0 Å². The molecule has 1 aliphatic heterocycles. The molecule has 0 unspecified atom stereocenters. The zero-order valence-electron chi connectivity index (χ0n) is 15.9. The van der Waals surface area contributed by atoms with E-state index in [4.69, 9.17) is 0 Å². The van der Waals surface area contributed by atoms with Crippen LogP contribution in [0.5, 0.6) is 0 Å². The number of benzene rings is 1. The maximum absolute atomic E-state index is 13.2. The summed E-state index contributed by atoms with van der Waals surface area (Å²) in [7, 11) is 0. The van der Waals surface area contributed by atoms with E-state index in [1.54, 1.807) is 30.7 Å². The molecule has 1 fully saturated rings. The highest BCUT2D eigenvalue weighted by atomic mass is 19.1. The molecule has 144 valence electrons. The van der Waals surface area contributed by atoms with Crippen molar-refractivity contribution in [1.82, 2.24) is 15.0 Å². The second-order valence-corrected chi connectivity index (χ2v) is 7.24. The van der Waals surface area contributed by atoms with Crippen molar-refractivity contribution >= 4 is 23.1 Å². The average Bonchev–Trinajstić information content (AvgIpc) is 2.66. The molecule has 3 aromatic rings. The van der Waals surface area contributed by atoms with Gasteiger partial charge in [-0.05, 0) is 30.5 Å². The van der Waals surface area contributed by atoms with Crippen LogP contribution < -0.4 is 15.5 Å². The Morgan fingerprint density at radius 2 is 1.82 bits per heavy atom. The molecule has 0 radical (unpaired) electrons. The van der Waals surface area contributed by atoms with Gasteiger partial charge in [0.1, 0.15) is 23.3 Å². The highest BCUT2D eigenvalue weighted by Crippen LogP contribution is 2.30. The number of nitrogens with zero attached hydrogens (tertiary/aromatic N) is 4. The van der Waals surface area contributed by atoms with Gasteiger partial charge in [-0.15, -0.1) is 0 Å². The number of hydrogen-bond donors (Lipinski definition) is 2. The largest absolute Gasteiger partial charge is 0.371 e. The highest BCUT2D eigenvalue weighted by Gasteiger charge is 2.24. The van der Waals surface area contributed by atoms with E-state index in [2.05, 4.69) is 37.4 Å². The molecule has 0 saturated carbocycles. The number of nitrogens with one attached hydrogen (secondary N) is 2. The van der Waals surface area contributed by atoms with E-state index in [0.717, 1.165) is 30.2 Å². The predicted molar refractivity (Wildman–Crippen MR) is 109 cm³/mol. The summed E-state index contributed by atoms with van der Waals surface area (Å²) in [6, 6.07) is 10.6. The number of hydrogen-bond acceptors (Lipinski definition) is 6. The first-order valence-corrected chi connectivity index (χ1v) is 9.39. The van der Waals surface area contributed by atoms with Gasteiger partial charge in [-0.2, -0.15) is 0 Å². The minimum absolute atomic E-state index is 0.0111. The average molecular weight is 378 g/mol. The molecule has 0 aliphatic carbocycles. The maximum atomic E-state index is 13.2. The van der Waals surface area contributed by atoms with Gasteiger partial charge >= 0.3 is 0 Å². The van der Waals surface area contributed by atoms with E-state index in [1.807, 2.05) is 19.1 Å². The van der Waals surface area contributed by atoms with Crippen molar-refractivity contribution in [2.24, 2.45) is 5.92 Å². The van der Waals surface area contributed by atoms with Crippen LogP contribution in [0.4, 0.5) is 27.5 Å². The molecule has 0 spiro atoms. The van der Waals surface area contributed by atoms with Gasteiger partial charge < -0.3 is 15.5 Å². The lowest BCUT2D eigenvalue weighted by molar-refractivity contribution is 0.447. The van der Waals surface area contributed by atoms with Crippen molar-refractivity contribution in [3.63, 3.8) is 0 Å². The van der Waals surface area contributed by atoms with Gasteiger partial charge in [-0.25, -0.2) is 14.4 Å². The Kier molecular flexibility index (Phi) is 5.06. The van der Waals surface area contributed by atoms with Crippen LogP contribution in [0.2, 0.25) is 0 Å². The maximum Gasteiger partial charge on any atom is 0.150 e. The number of halogens is 1. The van der Waals surface area contributed by atoms with Crippen molar-refractivity contribution < 1.29 is 4.39 Å². The minimum atomic E-state index is -0.238. The molecule has 0 amide bonds. The normalized spacial score (nSPS) is 15.0. The third-order valence-electron chi connectivity index (χ3n) is 4.79. The van der Waals surface area contributed by atoms with E-state index < -0.39 is 0 Å². The SMILES string of the molecule is CC1CN(c2cc(Nc3cnccn3)nc(N[C@@H](C)c3ccc(F)cc3)c2)C1. The first-order valence-electron chi connectivity index (χ1n) is 9.39. The third kappa shape index (κ3) is 4.19. The molecule has 1 atom stereocenters. The molecule has 1 aromatic carbocycles. The van der Waals surface area contributed by atoms with Gasteiger partial charge in [-0.1, -0.05) is 19.1 Å². The summed E-state index contributed by atoms with van der Waals surface area (Å²) in [5.74, 6) is 2.55. The zero-order chi connectivity index (χ0) is 19.5. The smallest absolute Gasteiger partial charge is 0.150 e. The topological polar surface area (TPSA) is 66.0 Å². The number of anilines is 4. The molecular weight excluding hydrogens is 355 g/mol. The summed E-state index contributed by atoms with van der Waals surface area (Å²) < 4.78 is 13.2. The van der Waals surface area contributed by atoms with Gasteiger partial charge in [0, 0.05) is 49.3 Å². The van der Waals surface area contributed by atoms with Crippen molar-refractivity contribution in [2.75, 3.05) is 28.6 Å². The lowest BCUT2D eigenvalue weighted by atomic mass is 10.0. The summed E-state index contributed by atoms with van der Waals surface area (Å²) in [4.78, 5) is 15.3. The second-order valence-electron chi connectivity index (χ2n) is 7.24. The van der Waals surface area contributed by atoms with Crippen LogP contribution in [-0.2, 0) is 0 Å². The molecule has 1 saturated heterocycles. The summed E-state index contributed by atoms with van der Waals surface area (Å²) in [6.45, 7) is 6.33. The molecule has 6 nitrogen and oxygen atoms in total. The summed E-state index contributed by atoms with van der Waals surface area (Å²) >= 11 is 0. The van der Waals surface area contributed by atoms with Crippen molar-refractivity contribution in [3.8, 4) is 0 Å². The summed E-state index contributed by atoms with van der Waals surface area (Å²) in [6.07, 6.45) is 4.93. The van der Waals surface area contributed by atoms with E-state index in [1.165, 1.54) is 12.1 Å². The lowest BCUT2D eigenvalue weighted by Gasteiger charge is -2.39. The molecule has 4 rings (SSSR count). The van der Waals surface area contributed by atoms with E-state index >= 15 is 0 Å². The Hall–Kier alpha value is -3.22. The van der Waals surface area contributed by atoms with Crippen molar-refractivity contribution in [1.29, 1.82) is 0 Å². The van der Waals surface area contributed by atoms with Gasteiger partial charge in [0.2, 0.25) is 0 Å². The summed E-state index contributed by atoms with van der Waals surface area (Å²) in [5.41, 5.74) is 2.10. The van der Waals surface area contributed by atoms with E-state index in [9.17, 15) is 4.39 Å². The molecule has 2 N–H and O–H groups in total. The highest BCUT2D eigenvalue weighted by molar-refractivity contribution is 5.65. The van der Waals surface area contributed by atoms with Gasteiger partial charge in [-0.3, -0.25) is 4.98 Å². The van der Waals surface area contributed by atoms with Crippen molar-refractivity contribution in [2.45, 2.75) is 19.9 Å². The minimum Gasteiger partial charge on any atom is -0.371 e. The Labute approximate surface area is 163 Å². The van der Waals surface area contributed by atoms with E-state index in [0.29, 0.717) is 17.6 Å². The molecule has 28 heavy (non-hydrogen) atoms. The monoisotopic (exact) mass is 378 g/mol. The fourth-order valence-corrected chi connectivity index (χ4v) is 3.30. The molecule has 3 heterocycles. The third-order valence-corrected chi connectivity index (χ3v) is 4.79. The second kappa shape index (κ2) is 7.80. The fraction of sp³-hybridized carbons (Fsp3) is 0.286. The van der Waals surface area contributed by atoms with Gasteiger partial charge in [0.15, 0.2) is 0 Å². The Balaban J connectivity index is 1.58. The predicted octanol–water partition coefficient (Wildman–Crippen LogP) is 4.38. The standard InChI is InChI=1S/C21H23FN6/c1-14-12-28(13-14)18-9-19(25-15(2)16-3-5-17(22)6-4-16)26-20(10-18)27-21-11-23-7-8-24-21/h3-11,14-15H,12-13H2,1-2H3,(H2,24,25,26,27)/t15-/m0/s1. The van der Waals surface area contributed by atoms with E-state index in [-0.39, 0.29) is 11.9 Å². The van der Waals surface area contributed by atoms with Crippen LogP contribution in [-0.4, -0.2) is 28.0 Å². The quantitative estimate of drug-likeness (QED) is 0.663. The number of rotatable bonds is 6. The van der Waals surface area contributed by atoms with Crippen LogP contribution in [0.1, 0.15) is 25.5 Å². The number of aromatic nitrogens is 3. The van der Waals surface area contributed by atoms with Crippen LogP contribution in [0.15, 0.2) is 55.0 Å². The fourth-order valence-electron chi connectivity index (χ4n) is 3.30. The van der Waals surface area contributed by atoms with Crippen LogP contribution >= 0.6 is 0 Å². The molecule has 0 bridgehead atoms. The first-order chi connectivity index (χ1) is 13.6. The first kappa shape index (κ1) is 18.2. The molecule has 2 aromatic heterocycles. The molecular formula is C21H23FN6. The summed E-state index contributed by atoms with van der Waals surface area (Å²) in [5, 5.41) is 6.64. The van der Waals surface area contributed by atoms with Gasteiger partial charge in [0.25, 0.3) is 0 Å². The lowest BCUT2D eigenvalue weighted by Crippen LogP contribution is -2.45.